The van der Waals surface area contributed by atoms with Gasteiger partial charge in [0, 0.05) is 15.3 Å². The zero-order valence-corrected chi connectivity index (χ0v) is 9.15. The second-order valence-electron chi connectivity index (χ2n) is 2.54. The van der Waals surface area contributed by atoms with Gasteiger partial charge in [0.05, 0.1) is 12.5 Å². The molecular weight excluding hydrogens is 253 g/mol. The first-order valence-corrected chi connectivity index (χ1v) is 4.96. The number of nitrogens with zero attached hydrogens (tertiary/aromatic N) is 1. The Balaban J connectivity index is 3.00. The maximum atomic E-state index is 13.2. The Hall–Kier alpha value is -0.530. The van der Waals surface area contributed by atoms with E-state index in [9.17, 15) is 4.39 Å². The molecule has 0 aliphatic carbocycles. The van der Waals surface area contributed by atoms with Crippen LogP contribution in [0.2, 0.25) is 0 Å². The van der Waals surface area contributed by atoms with Crippen LogP contribution in [0.4, 0.5) is 4.39 Å². The van der Waals surface area contributed by atoms with Crippen molar-refractivity contribution < 1.29 is 4.39 Å². The standard InChI is InChI=1S/C9H7BrFNS/c10-6-1-2-8(11)7(5-6)9(13)3-4-12/h1-2,5,9,13H,3H2. The monoisotopic (exact) mass is 259 g/mol. The lowest BCUT2D eigenvalue weighted by atomic mass is 10.1. The van der Waals surface area contributed by atoms with E-state index in [-0.39, 0.29) is 17.5 Å². The zero-order chi connectivity index (χ0) is 9.84. The predicted molar refractivity (Wildman–Crippen MR) is 56.1 cm³/mol. The zero-order valence-electron chi connectivity index (χ0n) is 6.67. The summed E-state index contributed by atoms with van der Waals surface area (Å²) >= 11 is 7.37. The van der Waals surface area contributed by atoms with Gasteiger partial charge in [-0.3, -0.25) is 0 Å². The summed E-state index contributed by atoms with van der Waals surface area (Å²) in [5, 5.41) is 8.07. The number of nitriles is 1. The highest BCUT2D eigenvalue weighted by Crippen LogP contribution is 2.28. The lowest BCUT2D eigenvalue weighted by molar-refractivity contribution is 0.608. The number of halogens is 2. The molecule has 1 atom stereocenters. The number of benzene rings is 1. The summed E-state index contributed by atoms with van der Waals surface area (Å²) in [7, 11) is 0. The fraction of sp³-hybridized carbons (Fsp3) is 0.222. The second-order valence-corrected chi connectivity index (χ2v) is 4.08. The highest BCUT2D eigenvalue weighted by atomic mass is 79.9. The van der Waals surface area contributed by atoms with E-state index < -0.39 is 0 Å². The molecule has 0 heterocycles. The molecule has 0 aliphatic rings. The Morgan fingerprint density at radius 2 is 2.31 bits per heavy atom. The minimum absolute atomic E-state index is 0.205. The molecule has 0 saturated heterocycles. The largest absolute Gasteiger partial charge is 0.207 e. The number of thiol groups is 1. The van der Waals surface area contributed by atoms with Crippen LogP contribution in [0.3, 0.4) is 0 Å². The molecule has 4 heteroatoms. The SMILES string of the molecule is N#CCC(S)c1cc(Br)ccc1F. The maximum absolute atomic E-state index is 13.2. The van der Waals surface area contributed by atoms with E-state index in [1.165, 1.54) is 6.07 Å². The second kappa shape index (κ2) is 4.64. The molecule has 0 aromatic heterocycles. The van der Waals surface area contributed by atoms with Gasteiger partial charge in [-0.1, -0.05) is 15.9 Å². The first-order chi connectivity index (χ1) is 6.15. The predicted octanol–water partition coefficient (Wildman–Crippen LogP) is 3.47. The molecule has 1 rings (SSSR count). The van der Waals surface area contributed by atoms with Crippen molar-refractivity contribution in [3.05, 3.63) is 34.1 Å². The molecule has 0 saturated carbocycles. The van der Waals surface area contributed by atoms with Crippen LogP contribution < -0.4 is 0 Å². The van der Waals surface area contributed by atoms with E-state index in [4.69, 9.17) is 5.26 Å². The molecule has 0 spiro atoms. The van der Waals surface area contributed by atoms with E-state index in [2.05, 4.69) is 28.6 Å². The van der Waals surface area contributed by atoms with Crippen molar-refractivity contribution >= 4 is 28.6 Å². The Kier molecular flexibility index (Phi) is 3.76. The van der Waals surface area contributed by atoms with Gasteiger partial charge in [-0.2, -0.15) is 17.9 Å². The number of hydrogen-bond acceptors (Lipinski definition) is 2. The van der Waals surface area contributed by atoms with Gasteiger partial charge in [0.25, 0.3) is 0 Å². The Morgan fingerprint density at radius 1 is 1.62 bits per heavy atom. The smallest absolute Gasteiger partial charge is 0.127 e. The lowest BCUT2D eigenvalue weighted by Crippen LogP contribution is -1.93. The molecule has 68 valence electrons. The molecule has 0 radical (unpaired) electrons. The number of rotatable bonds is 2. The molecule has 0 aliphatic heterocycles. The van der Waals surface area contributed by atoms with Crippen LogP contribution in [0.25, 0.3) is 0 Å². The highest BCUT2D eigenvalue weighted by Gasteiger charge is 2.11. The van der Waals surface area contributed by atoms with Crippen molar-refractivity contribution in [2.45, 2.75) is 11.7 Å². The van der Waals surface area contributed by atoms with Crippen LogP contribution in [0.15, 0.2) is 22.7 Å². The third-order valence-corrected chi connectivity index (χ3v) is 2.56. The molecule has 0 bridgehead atoms. The van der Waals surface area contributed by atoms with Crippen molar-refractivity contribution in [2.75, 3.05) is 0 Å². The lowest BCUT2D eigenvalue weighted by Gasteiger charge is -2.08. The van der Waals surface area contributed by atoms with E-state index in [0.717, 1.165) is 4.47 Å². The Labute approximate surface area is 90.1 Å². The quantitative estimate of drug-likeness (QED) is 0.809. The molecule has 1 aromatic carbocycles. The van der Waals surface area contributed by atoms with Crippen LogP contribution in [0.1, 0.15) is 17.2 Å². The summed E-state index contributed by atoms with van der Waals surface area (Å²) in [6.07, 6.45) is 0.205. The highest BCUT2D eigenvalue weighted by molar-refractivity contribution is 9.10. The average Bonchev–Trinajstić information content (AvgIpc) is 2.09. The minimum Gasteiger partial charge on any atom is -0.207 e. The van der Waals surface area contributed by atoms with Gasteiger partial charge in [0.2, 0.25) is 0 Å². The topological polar surface area (TPSA) is 23.8 Å². The third-order valence-electron chi connectivity index (χ3n) is 1.60. The molecular formula is C9H7BrFNS. The van der Waals surface area contributed by atoms with Crippen molar-refractivity contribution in [3.8, 4) is 6.07 Å². The van der Waals surface area contributed by atoms with Crippen LogP contribution >= 0.6 is 28.6 Å². The van der Waals surface area contributed by atoms with Crippen LogP contribution in [-0.4, -0.2) is 0 Å². The molecule has 13 heavy (non-hydrogen) atoms. The summed E-state index contributed by atoms with van der Waals surface area (Å²) in [5.74, 6) is -0.321. The molecule has 0 fully saturated rings. The molecule has 1 nitrogen and oxygen atoms in total. The summed E-state index contributed by atoms with van der Waals surface area (Å²) in [6, 6.07) is 6.58. The third kappa shape index (κ3) is 2.71. The van der Waals surface area contributed by atoms with Gasteiger partial charge in [-0.25, -0.2) is 4.39 Å². The van der Waals surface area contributed by atoms with E-state index in [0.29, 0.717) is 5.56 Å². The van der Waals surface area contributed by atoms with Crippen molar-refractivity contribution in [2.24, 2.45) is 0 Å². The average molecular weight is 260 g/mol. The maximum Gasteiger partial charge on any atom is 0.127 e. The fourth-order valence-corrected chi connectivity index (χ4v) is 1.62. The summed E-state index contributed by atoms with van der Waals surface area (Å²) in [4.78, 5) is 0. The van der Waals surface area contributed by atoms with Crippen molar-refractivity contribution in [3.63, 3.8) is 0 Å². The van der Waals surface area contributed by atoms with Gasteiger partial charge in [-0.15, -0.1) is 0 Å². The van der Waals surface area contributed by atoms with E-state index >= 15 is 0 Å². The molecule has 0 amide bonds. The Bertz CT molecular complexity index is 348. The summed E-state index contributed by atoms with van der Waals surface area (Å²) in [6.45, 7) is 0. The summed E-state index contributed by atoms with van der Waals surface area (Å²) < 4.78 is 14.0. The Morgan fingerprint density at radius 3 is 2.92 bits per heavy atom. The molecule has 1 aromatic rings. The molecule has 0 N–H and O–H groups in total. The number of hydrogen-bond donors (Lipinski definition) is 1. The van der Waals surface area contributed by atoms with Gasteiger partial charge < -0.3 is 0 Å². The fourth-order valence-electron chi connectivity index (χ4n) is 0.966. The summed E-state index contributed by atoms with van der Waals surface area (Å²) in [5.41, 5.74) is 0.458. The van der Waals surface area contributed by atoms with Crippen molar-refractivity contribution in [1.82, 2.24) is 0 Å². The van der Waals surface area contributed by atoms with E-state index in [1.54, 1.807) is 12.1 Å². The first-order valence-electron chi connectivity index (χ1n) is 3.65. The minimum atomic E-state index is -0.359. The van der Waals surface area contributed by atoms with Gasteiger partial charge in [-0.05, 0) is 18.2 Å². The normalized spacial score (nSPS) is 12.2. The van der Waals surface area contributed by atoms with Gasteiger partial charge in [0.1, 0.15) is 5.82 Å². The van der Waals surface area contributed by atoms with Crippen LogP contribution in [0, 0.1) is 17.1 Å². The van der Waals surface area contributed by atoms with E-state index in [1.807, 2.05) is 6.07 Å². The van der Waals surface area contributed by atoms with Gasteiger partial charge >= 0.3 is 0 Å². The van der Waals surface area contributed by atoms with Gasteiger partial charge in [0.15, 0.2) is 0 Å². The first kappa shape index (κ1) is 10.6. The van der Waals surface area contributed by atoms with Crippen molar-refractivity contribution in [1.29, 1.82) is 5.26 Å². The van der Waals surface area contributed by atoms with Crippen LogP contribution in [-0.2, 0) is 0 Å². The molecule has 1 unspecified atom stereocenters. The van der Waals surface area contributed by atoms with Crippen LogP contribution in [0.5, 0.6) is 0 Å².